The van der Waals surface area contributed by atoms with Crippen molar-refractivity contribution in [2.45, 2.75) is 42.8 Å². The van der Waals surface area contributed by atoms with Gasteiger partial charge >= 0.3 is 5.97 Å². The largest absolute Gasteiger partial charge is 0.479 e. The third-order valence-electron chi connectivity index (χ3n) is 4.54. The average Bonchev–Trinajstić information content (AvgIpc) is 3.24. The third-order valence-corrected chi connectivity index (χ3v) is 6.06. The number of amides is 1. The summed E-state index contributed by atoms with van der Waals surface area (Å²) in [6.45, 7) is 1.07. The van der Waals surface area contributed by atoms with E-state index in [1.807, 2.05) is 0 Å². The summed E-state index contributed by atoms with van der Waals surface area (Å²) in [6.07, 6.45) is 1.30. The SMILES string of the molecule is Cc1ccc(S(=O)(=O)NC2CC2)cc1C(=O)N1CCC(F)(C(=O)O)C1. The number of carbonyl (C=O) groups excluding carboxylic acids is 1. The van der Waals surface area contributed by atoms with Crippen LogP contribution in [0.5, 0.6) is 0 Å². The number of aliphatic carboxylic acids is 1. The van der Waals surface area contributed by atoms with Gasteiger partial charge in [0.25, 0.3) is 5.91 Å². The minimum atomic E-state index is -3.72. The molecule has 2 N–H and O–H groups in total. The van der Waals surface area contributed by atoms with E-state index in [2.05, 4.69) is 4.72 Å². The van der Waals surface area contributed by atoms with Gasteiger partial charge in [-0.25, -0.2) is 22.3 Å². The lowest BCUT2D eigenvalue weighted by molar-refractivity contribution is -0.149. The Bertz CT molecular complexity index is 837. The number of hydrogen-bond acceptors (Lipinski definition) is 4. The number of carbonyl (C=O) groups is 2. The summed E-state index contributed by atoms with van der Waals surface area (Å²) < 4.78 is 41.3. The molecular weight excluding hydrogens is 351 g/mol. The number of hydrogen-bond donors (Lipinski definition) is 2. The number of likely N-dealkylation sites (tertiary alicyclic amines) is 1. The standard InChI is InChI=1S/C16H19FN2O5S/c1-10-2-5-12(25(23,24)18-11-3-4-11)8-13(10)14(20)19-7-6-16(17,9-19)15(21)22/h2,5,8,11,18H,3-4,6-7,9H2,1H3,(H,21,22). The Hall–Kier alpha value is -2.00. The van der Waals surface area contributed by atoms with E-state index in [4.69, 9.17) is 5.11 Å². The number of benzene rings is 1. The molecule has 1 aromatic rings. The number of aryl methyl sites for hydroxylation is 1. The summed E-state index contributed by atoms with van der Waals surface area (Å²) in [6, 6.07) is 4.13. The maximum atomic E-state index is 14.2. The molecule has 1 aromatic carbocycles. The van der Waals surface area contributed by atoms with Crippen molar-refractivity contribution in [1.29, 1.82) is 0 Å². The second-order valence-electron chi connectivity index (χ2n) is 6.62. The molecule has 2 aliphatic rings. The van der Waals surface area contributed by atoms with Crippen molar-refractivity contribution in [3.05, 3.63) is 29.3 Å². The average molecular weight is 370 g/mol. The first-order chi connectivity index (χ1) is 11.6. The van der Waals surface area contributed by atoms with Crippen LogP contribution in [0.25, 0.3) is 0 Å². The molecule has 1 saturated carbocycles. The summed E-state index contributed by atoms with van der Waals surface area (Å²) in [5.74, 6) is -2.16. The Morgan fingerprint density at radius 3 is 2.60 bits per heavy atom. The van der Waals surface area contributed by atoms with Gasteiger partial charge in [-0.2, -0.15) is 0 Å². The number of sulfonamides is 1. The Balaban J connectivity index is 1.86. The van der Waals surface area contributed by atoms with Crippen LogP contribution in [0.1, 0.15) is 35.2 Å². The van der Waals surface area contributed by atoms with Crippen molar-refractivity contribution in [3.63, 3.8) is 0 Å². The number of halogens is 1. The second kappa shape index (κ2) is 6.06. The number of rotatable bonds is 5. The van der Waals surface area contributed by atoms with Gasteiger partial charge < -0.3 is 10.0 Å². The molecular formula is C16H19FN2O5S. The number of carboxylic acid groups (broad SMARTS) is 1. The van der Waals surface area contributed by atoms with Crippen LogP contribution in [0.2, 0.25) is 0 Å². The van der Waals surface area contributed by atoms with Crippen molar-refractivity contribution < 1.29 is 27.5 Å². The van der Waals surface area contributed by atoms with Crippen LogP contribution in [-0.4, -0.2) is 55.1 Å². The Morgan fingerprint density at radius 2 is 2.04 bits per heavy atom. The van der Waals surface area contributed by atoms with Crippen LogP contribution in [0.15, 0.2) is 23.1 Å². The lowest BCUT2D eigenvalue weighted by atomic mass is 10.1. The van der Waals surface area contributed by atoms with Gasteiger partial charge in [0, 0.05) is 24.6 Å². The topological polar surface area (TPSA) is 104 Å². The number of alkyl halides is 1. The molecule has 136 valence electrons. The highest BCUT2D eigenvalue weighted by atomic mass is 32.2. The van der Waals surface area contributed by atoms with E-state index < -0.39 is 34.1 Å². The summed E-state index contributed by atoms with van der Waals surface area (Å²) >= 11 is 0. The monoisotopic (exact) mass is 370 g/mol. The lowest BCUT2D eigenvalue weighted by Gasteiger charge is -2.19. The number of nitrogens with one attached hydrogen (secondary N) is 1. The van der Waals surface area contributed by atoms with Crippen molar-refractivity contribution in [2.24, 2.45) is 0 Å². The maximum absolute atomic E-state index is 14.2. The second-order valence-corrected chi connectivity index (χ2v) is 8.33. The maximum Gasteiger partial charge on any atom is 0.343 e. The van der Waals surface area contributed by atoms with Gasteiger partial charge in [0.15, 0.2) is 0 Å². The van der Waals surface area contributed by atoms with Crippen molar-refractivity contribution in [1.82, 2.24) is 9.62 Å². The first kappa shape index (κ1) is 17.8. The smallest absolute Gasteiger partial charge is 0.343 e. The van der Waals surface area contributed by atoms with Crippen molar-refractivity contribution >= 4 is 21.9 Å². The minimum absolute atomic E-state index is 0.0294. The summed E-state index contributed by atoms with van der Waals surface area (Å²) in [5, 5.41) is 8.94. The molecule has 1 heterocycles. The third kappa shape index (κ3) is 3.52. The highest BCUT2D eigenvalue weighted by molar-refractivity contribution is 7.89. The first-order valence-electron chi connectivity index (χ1n) is 7.97. The van der Waals surface area contributed by atoms with E-state index in [1.54, 1.807) is 6.92 Å². The van der Waals surface area contributed by atoms with Crippen LogP contribution < -0.4 is 4.72 Å². The van der Waals surface area contributed by atoms with Gasteiger partial charge in [-0.15, -0.1) is 0 Å². The zero-order chi connectivity index (χ0) is 18.4. The van der Waals surface area contributed by atoms with E-state index in [9.17, 15) is 22.4 Å². The number of carboxylic acids is 1. The molecule has 1 atom stereocenters. The predicted molar refractivity (Wildman–Crippen MR) is 86.5 cm³/mol. The van der Waals surface area contributed by atoms with E-state index in [1.165, 1.54) is 18.2 Å². The molecule has 1 amide bonds. The molecule has 1 aliphatic heterocycles. The molecule has 9 heteroatoms. The molecule has 0 aromatic heterocycles. The van der Waals surface area contributed by atoms with Gasteiger partial charge in [-0.05, 0) is 37.5 Å². The summed E-state index contributed by atoms with van der Waals surface area (Å²) in [5.41, 5.74) is -1.78. The molecule has 0 radical (unpaired) electrons. The molecule has 25 heavy (non-hydrogen) atoms. The molecule has 0 spiro atoms. The first-order valence-corrected chi connectivity index (χ1v) is 9.45. The van der Waals surface area contributed by atoms with Gasteiger partial charge in [0.1, 0.15) is 0 Å². The van der Waals surface area contributed by atoms with Crippen LogP contribution in [-0.2, 0) is 14.8 Å². The normalized spacial score (nSPS) is 23.7. The van der Waals surface area contributed by atoms with Crippen LogP contribution in [0.4, 0.5) is 4.39 Å². The van der Waals surface area contributed by atoms with Gasteiger partial charge in [-0.3, -0.25) is 4.79 Å². The molecule has 1 saturated heterocycles. The van der Waals surface area contributed by atoms with Crippen molar-refractivity contribution in [2.75, 3.05) is 13.1 Å². The molecule has 3 rings (SSSR count). The van der Waals surface area contributed by atoms with Crippen LogP contribution in [0.3, 0.4) is 0 Å². The van der Waals surface area contributed by atoms with E-state index in [0.717, 1.165) is 17.7 Å². The zero-order valence-corrected chi connectivity index (χ0v) is 14.5. The predicted octanol–water partition coefficient (Wildman–Crippen LogP) is 1.07. The Morgan fingerprint density at radius 1 is 1.36 bits per heavy atom. The van der Waals surface area contributed by atoms with Crippen LogP contribution >= 0.6 is 0 Å². The summed E-state index contributed by atoms with van der Waals surface area (Å²) in [4.78, 5) is 24.7. The fourth-order valence-electron chi connectivity index (χ4n) is 2.78. The molecule has 7 nitrogen and oxygen atoms in total. The highest BCUT2D eigenvalue weighted by Gasteiger charge is 2.47. The minimum Gasteiger partial charge on any atom is -0.479 e. The van der Waals surface area contributed by atoms with Gasteiger partial charge in [0.05, 0.1) is 11.4 Å². The Kier molecular flexibility index (Phi) is 4.32. The summed E-state index contributed by atoms with van der Waals surface area (Å²) in [7, 11) is -3.72. The van der Waals surface area contributed by atoms with Crippen molar-refractivity contribution in [3.8, 4) is 0 Å². The molecule has 1 unspecified atom stereocenters. The quantitative estimate of drug-likeness (QED) is 0.807. The fraction of sp³-hybridized carbons (Fsp3) is 0.500. The highest BCUT2D eigenvalue weighted by Crippen LogP contribution is 2.29. The van der Waals surface area contributed by atoms with E-state index in [-0.39, 0.29) is 29.5 Å². The Labute approximate surface area is 144 Å². The van der Waals surface area contributed by atoms with E-state index >= 15 is 0 Å². The van der Waals surface area contributed by atoms with Gasteiger partial charge in [-0.1, -0.05) is 6.07 Å². The lowest BCUT2D eigenvalue weighted by Crippen LogP contribution is -2.39. The molecule has 1 aliphatic carbocycles. The molecule has 0 bridgehead atoms. The zero-order valence-electron chi connectivity index (χ0n) is 13.7. The van der Waals surface area contributed by atoms with Crippen LogP contribution in [0, 0.1) is 6.92 Å². The van der Waals surface area contributed by atoms with Gasteiger partial charge in [0.2, 0.25) is 15.7 Å². The molecule has 2 fully saturated rings. The van der Waals surface area contributed by atoms with E-state index in [0.29, 0.717) is 5.56 Å². The number of nitrogens with zero attached hydrogens (tertiary/aromatic N) is 1. The fourth-order valence-corrected chi connectivity index (χ4v) is 4.11.